The molecule has 1 unspecified atom stereocenters. The van der Waals surface area contributed by atoms with Crippen molar-refractivity contribution >= 4 is 50.1 Å². The lowest BCUT2D eigenvalue weighted by Crippen LogP contribution is -2.29. The predicted octanol–water partition coefficient (Wildman–Crippen LogP) is 7.85. The van der Waals surface area contributed by atoms with Crippen LogP contribution in [0.3, 0.4) is 0 Å². The van der Waals surface area contributed by atoms with Gasteiger partial charge in [-0.1, -0.05) is 76.1 Å². The van der Waals surface area contributed by atoms with Crippen LogP contribution in [0, 0.1) is 6.92 Å². The second kappa shape index (κ2) is 9.78. The van der Waals surface area contributed by atoms with E-state index < -0.39 is 11.9 Å². The van der Waals surface area contributed by atoms with Crippen LogP contribution in [0.1, 0.15) is 38.9 Å². The summed E-state index contributed by atoms with van der Waals surface area (Å²) in [6.45, 7) is 2.29. The lowest BCUT2D eigenvalue weighted by Gasteiger charge is -2.26. The second-order valence-corrected chi connectivity index (χ2v) is 10.5. The van der Waals surface area contributed by atoms with E-state index in [9.17, 15) is 9.59 Å². The fourth-order valence-corrected chi connectivity index (χ4v) is 5.31. The molecule has 0 bridgehead atoms. The number of ether oxygens (including phenoxy) is 1. The van der Waals surface area contributed by atoms with E-state index in [1.807, 2.05) is 73.7 Å². The van der Waals surface area contributed by atoms with E-state index in [1.165, 1.54) is 0 Å². The first-order valence-corrected chi connectivity index (χ1v) is 13.2. The van der Waals surface area contributed by atoms with Crippen molar-refractivity contribution in [3.05, 3.63) is 139 Å². The van der Waals surface area contributed by atoms with Gasteiger partial charge in [-0.15, -0.1) is 0 Å². The third-order valence-electron chi connectivity index (χ3n) is 6.69. The van der Waals surface area contributed by atoms with Crippen molar-refractivity contribution in [3.63, 3.8) is 0 Å². The van der Waals surface area contributed by atoms with Crippen molar-refractivity contribution in [3.8, 4) is 5.75 Å². The van der Waals surface area contributed by atoms with E-state index in [1.54, 1.807) is 29.2 Å². The maximum Gasteiger partial charge on any atom is 0.295 e. The van der Waals surface area contributed by atoms with Crippen LogP contribution in [0.5, 0.6) is 5.75 Å². The highest BCUT2D eigenvalue weighted by Crippen LogP contribution is 2.43. The number of carbonyl (C=O) groups excluding carboxylic acids is 1. The summed E-state index contributed by atoms with van der Waals surface area (Å²) in [6.07, 6.45) is 0. The minimum atomic E-state index is -0.726. The summed E-state index contributed by atoms with van der Waals surface area (Å²) in [5.74, 6) is 0.256. The van der Waals surface area contributed by atoms with Gasteiger partial charge < -0.3 is 9.15 Å². The highest BCUT2D eigenvalue weighted by Gasteiger charge is 2.44. The van der Waals surface area contributed by atoms with Crippen LogP contribution in [0.15, 0.2) is 105 Å². The van der Waals surface area contributed by atoms with E-state index in [4.69, 9.17) is 20.8 Å². The molecule has 5 nitrogen and oxygen atoms in total. The molecule has 1 aliphatic heterocycles. The zero-order valence-corrected chi connectivity index (χ0v) is 22.6. The number of benzene rings is 4. The highest BCUT2D eigenvalue weighted by molar-refractivity contribution is 9.10. The third-order valence-corrected chi connectivity index (χ3v) is 7.59. The maximum absolute atomic E-state index is 13.9. The third kappa shape index (κ3) is 4.30. The summed E-state index contributed by atoms with van der Waals surface area (Å²) in [5, 5.41) is 0.925. The Balaban J connectivity index is 1.51. The van der Waals surface area contributed by atoms with Crippen LogP contribution in [-0.2, 0) is 6.61 Å². The number of hydrogen-bond donors (Lipinski definition) is 0. The minimum absolute atomic E-state index is 0.0297. The minimum Gasteiger partial charge on any atom is -0.489 e. The summed E-state index contributed by atoms with van der Waals surface area (Å²) in [5.41, 5.74) is 3.61. The van der Waals surface area contributed by atoms with Crippen molar-refractivity contribution in [2.24, 2.45) is 0 Å². The summed E-state index contributed by atoms with van der Waals surface area (Å²) < 4.78 is 12.9. The van der Waals surface area contributed by atoms with Gasteiger partial charge in [0.05, 0.1) is 17.0 Å². The van der Waals surface area contributed by atoms with Gasteiger partial charge >= 0.3 is 0 Å². The highest BCUT2D eigenvalue weighted by atomic mass is 79.9. The van der Waals surface area contributed by atoms with Crippen LogP contribution < -0.4 is 15.1 Å². The molecule has 7 heteroatoms. The van der Waals surface area contributed by atoms with Gasteiger partial charge in [-0.3, -0.25) is 14.5 Å². The Hall–Kier alpha value is -3.87. The first-order chi connectivity index (χ1) is 18.4. The Morgan fingerprint density at radius 1 is 0.947 bits per heavy atom. The molecule has 1 aromatic heterocycles. The summed E-state index contributed by atoms with van der Waals surface area (Å²) in [4.78, 5) is 29.3. The first-order valence-electron chi connectivity index (χ1n) is 12.0. The van der Waals surface area contributed by atoms with E-state index in [2.05, 4.69) is 15.9 Å². The molecule has 1 amide bonds. The standard InChI is InChI=1S/C31H21BrClNO4/c1-18-10-12-22(16-25(18)33)34-28(20-8-5-9-23(14-20)37-17-19-6-3-2-4-7-19)27-29(35)24-15-21(32)11-13-26(24)38-30(27)31(34)36/h2-16,28H,17H2,1H3. The van der Waals surface area contributed by atoms with Crippen LogP contribution in [0.2, 0.25) is 5.02 Å². The number of fused-ring (bicyclic) bond motifs is 2. The Labute approximate surface area is 232 Å². The molecule has 1 aliphatic rings. The van der Waals surface area contributed by atoms with Crippen molar-refractivity contribution in [2.45, 2.75) is 19.6 Å². The predicted molar refractivity (Wildman–Crippen MR) is 152 cm³/mol. The number of carbonyl (C=O) groups is 1. The second-order valence-electron chi connectivity index (χ2n) is 9.17. The van der Waals surface area contributed by atoms with E-state index in [-0.39, 0.29) is 16.8 Å². The van der Waals surface area contributed by atoms with Crippen molar-refractivity contribution in [2.75, 3.05) is 4.90 Å². The first kappa shape index (κ1) is 24.5. The summed E-state index contributed by atoms with van der Waals surface area (Å²) in [6, 6.07) is 27.2. The van der Waals surface area contributed by atoms with Crippen LogP contribution >= 0.6 is 27.5 Å². The lowest BCUT2D eigenvalue weighted by atomic mass is 9.98. The number of rotatable bonds is 5. The summed E-state index contributed by atoms with van der Waals surface area (Å²) >= 11 is 9.89. The van der Waals surface area contributed by atoms with Gasteiger partial charge in [-0.25, -0.2) is 0 Å². The Morgan fingerprint density at radius 2 is 1.76 bits per heavy atom. The van der Waals surface area contributed by atoms with Crippen molar-refractivity contribution in [1.82, 2.24) is 0 Å². The molecule has 0 aliphatic carbocycles. The average molecular weight is 587 g/mol. The molecule has 0 N–H and O–H groups in total. The van der Waals surface area contributed by atoms with Gasteiger partial charge in [-0.05, 0) is 66.1 Å². The van der Waals surface area contributed by atoms with E-state index in [0.29, 0.717) is 34.0 Å². The molecule has 1 atom stereocenters. The molecule has 0 saturated carbocycles. The van der Waals surface area contributed by atoms with Crippen LogP contribution in [-0.4, -0.2) is 5.91 Å². The molecular formula is C31H21BrClNO4. The SMILES string of the molecule is Cc1ccc(N2C(=O)c3oc4ccc(Br)cc4c(=O)c3C2c2cccc(OCc3ccccc3)c2)cc1Cl. The molecule has 4 aromatic carbocycles. The molecule has 0 radical (unpaired) electrons. The fourth-order valence-electron chi connectivity index (χ4n) is 4.77. The zero-order chi connectivity index (χ0) is 26.4. The molecular weight excluding hydrogens is 566 g/mol. The van der Waals surface area contributed by atoms with Gasteiger partial charge in [0.15, 0.2) is 5.43 Å². The van der Waals surface area contributed by atoms with Crippen molar-refractivity contribution in [1.29, 1.82) is 0 Å². The Morgan fingerprint density at radius 3 is 2.55 bits per heavy atom. The Bertz CT molecular complexity index is 1770. The number of hydrogen-bond acceptors (Lipinski definition) is 4. The quantitative estimate of drug-likeness (QED) is 0.210. The topological polar surface area (TPSA) is 59.8 Å². The van der Waals surface area contributed by atoms with Gasteiger partial charge in [-0.2, -0.15) is 0 Å². The molecule has 188 valence electrons. The molecule has 0 spiro atoms. The molecule has 38 heavy (non-hydrogen) atoms. The monoisotopic (exact) mass is 585 g/mol. The van der Waals surface area contributed by atoms with Gasteiger partial charge in [0, 0.05) is 15.2 Å². The van der Waals surface area contributed by atoms with Crippen molar-refractivity contribution < 1.29 is 13.9 Å². The molecule has 2 heterocycles. The lowest BCUT2D eigenvalue weighted by molar-refractivity contribution is 0.0971. The van der Waals surface area contributed by atoms with E-state index in [0.717, 1.165) is 21.2 Å². The number of halogens is 2. The largest absolute Gasteiger partial charge is 0.489 e. The van der Waals surface area contributed by atoms with Crippen LogP contribution in [0.25, 0.3) is 11.0 Å². The van der Waals surface area contributed by atoms with Gasteiger partial charge in [0.1, 0.15) is 17.9 Å². The smallest absolute Gasteiger partial charge is 0.295 e. The normalized spacial score (nSPS) is 14.7. The number of anilines is 1. The van der Waals surface area contributed by atoms with Gasteiger partial charge in [0.2, 0.25) is 5.76 Å². The van der Waals surface area contributed by atoms with Gasteiger partial charge in [0.25, 0.3) is 5.91 Å². The maximum atomic E-state index is 13.9. The molecule has 0 fully saturated rings. The molecule has 0 saturated heterocycles. The van der Waals surface area contributed by atoms with Crippen LogP contribution in [0.4, 0.5) is 5.69 Å². The number of nitrogens with zero attached hydrogens (tertiary/aromatic N) is 1. The molecule has 6 rings (SSSR count). The Kier molecular flexibility index (Phi) is 6.30. The number of aryl methyl sites for hydroxylation is 1. The molecule has 5 aromatic rings. The fraction of sp³-hybridized carbons (Fsp3) is 0.0968. The number of amides is 1. The average Bonchev–Trinajstić information content (AvgIpc) is 3.22. The van der Waals surface area contributed by atoms with E-state index >= 15 is 0 Å². The zero-order valence-electron chi connectivity index (χ0n) is 20.3. The summed E-state index contributed by atoms with van der Waals surface area (Å²) in [7, 11) is 0.